The first-order valence-electron chi connectivity index (χ1n) is 14.2. The smallest absolute Gasteiger partial charge is 0.315 e. The van der Waals surface area contributed by atoms with Crippen molar-refractivity contribution < 1.29 is 14.4 Å². The molecule has 5 aliphatic rings. The van der Waals surface area contributed by atoms with Gasteiger partial charge in [0.15, 0.2) is 5.78 Å². The normalized spacial score (nSPS) is 38.8. The molecule has 1 amide bonds. The lowest BCUT2D eigenvalue weighted by atomic mass is 9.46. The molecule has 0 aromatic heterocycles. The highest BCUT2D eigenvalue weighted by Crippen LogP contribution is 2.66. The van der Waals surface area contributed by atoms with Crippen molar-refractivity contribution in [3.63, 3.8) is 0 Å². The lowest BCUT2D eigenvalue weighted by molar-refractivity contribution is -0.117. The van der Waals surface area contributed by atoms with Gasteiger partial charge in [-0.2, -0.15) is 0 Å². The van der Waals surface area contributed by atoms with Crippen LogP contribution in [-0.4, -0.2) is 48.2 Å². The maximum atomic E-state index is 12.8. The number of nitrogens with zero attached hydrogens (tertiary/aromatic N) is 2. The van der Waals surface area contributed by atoms with Gasteiger partial charge in [0.05, 0.1) is 5.71 Å². The predicted octanol–water partition coefficient (Wildman–Crippen LogP) is 5.72. The lowest BCUT2D eigenvalue weighted by Gasteiger charge is -2.58. The molecule has 0 aromatic carbocycles. The molecule has 6 atom stereocenters. The highest BCUT2D eigenvalue weighted by atomic mass is 16.7. The average molecular weight is 484 g/mol. The fourth-order valence-corrected chi connectivity index (χ4v) is 8.66. The topological polar surface area (TPSA) is 71.0 Å². The van der Waals surface area contributed by atoms with Crippen LogP contribution in [0.1, 0.15) is 91.9 Å². The second-order valence-corrected chi connectivity index (χ2v) is 12.5. The molecule has 6 nitrogen and oxygen atoms in total. The van der Waals surface area contributed by atoms with E-state index in [1.54, 1.807) is 0 Å². The lowest BCUT2D eigenvalue weighted by Crippen LogP contribution is -2.51. The Labute approximate surface area is 211 Å². The van der Waals surface area contributed by atoms with E-state index < -0.39 is 0 Å². The summed E-state index contributed by atoms with van der Waals surface area (Å²) in [5.74, 6) is 2.86. The number of fused-ring (bicyclic) bond motifs is 5. The molecule has 5 rings (SSSR count). The van der Waals surface area contributed by atoms with Gasteiger partial charge in [-0.15, -0.1) is 0 Å². The van der Waals surface area contributed by atoms with E-state index in [2.05, 4.69) is 38.2 Å². The number of likely N-dealkylation sites (N-methyl/N-ethyl adjacent to an activating group) is 1. The molecule has 0 saturated heterocycles. The number of ketones is 1. The number of hydrogen-bond acceptors (Lipinski definition) is 5. The number of oxime groups is 1. The summed E-state index contributed by atoms with van der Waals surface area (Å²) in [5.41, 5.74) is 2.88. The monoisotopic (exact) mass is 483 g/mol. The molecule has 0 aliphatic heterocycles. The van der Waals surface area contributed by atoms with E-state index >= 15 is 0 Å². The van der Waals surface area contributed by atoms with Crippen LogP contribution in [0, 0.1) is 34.5 Å². The van der Waals surface area contributed by atoms with Gasteiger partial charge in [-0.25, -0.2) is 4.79 Å². The maximum absolute atomic E-state index is 12.8. The average Bonchev–Trinajstić information content (AvgIpc) is 3.61. The summed E-state index contributed by atoms with van der Waals surface area (Å²) in [7, 11) is 0. The molecular formula is C29H45N3O3. The summed E-state index contributed by atoms with van der Waals surface area (Å²) >= 11 is 0. The third-order valence-electron chi connectivity index (χ3n) is 10.7. The maximum Gasteiger partial charge on any atom is 0.436 e. The highest BCUT2D eigenvalue weighted by Gasteiger charge is 2.59. The first-order valence-corrected chi connectivity index (χ1v) is 14.2. The van der Waals surface area contributed by atoms with Crippen LogP contribution in [0.3, 0.4) is 0 Å². The van der Waals surface area contributed by atoms with E-state index in [1.165, 1.54) is 31.3 Å². The number of carbonyl (C=O) groups is 2. The minimum Gasteiger partial charge on any atom is -0.315 e. The molecule has 1 N–H and O–H groups in total. The van der Waals surface area contributed by atoms with Gasteiger partial charge < -0.3 is 10.2 Å². The summed E-state index contributed by atoms with van der Waals surface area (Å²) < 4.78 is 0. The quantitative estimate of drug-likeness (QED) is 0.218. The van der Waals surface area contributed by atoms with Gasteiger partial charge in [-0.1, -0.05) is 31.5 Å². The molecule has 0 bridgehead atoms. The van der Waals surface area contributed by atoms with Crippen LogP contribution in [0.15, 0.2) is 16.8 Å². The molecule has 0 heterocycles. The van der Waals surface area contributed by atoms with E-state index in [0.29, 0.717) is 36.1 Å². The van der Waals surface area contributed by atoms with Crippen LogP contribution in [0.2, 0.25) is 0 Å². The third-order valence-corrected chi connectivity index (χ3v) is 10.7. The molecular weight excluding hydrogens is 438 g/mol. The van der Waals surface area contributed by atoms with Crippen LogP contribution >= 0.6 is 0 Å². The van der Waals surface area contributed by atoms with Gasteiger partial charge in [-0.3, -0.25) is 9.63 Å². The number of allylic oxidation sites excluding steroid dienone is 1. The minimum atomic E-state index is -0.292. The fraction of sp³-hybridized carbons (Fsp3) is 0.828. The van der Waals surface area contributed by atoms with Crippen LogP contribution in [-0.2, 0) is 9.63 Å². The van der Waals surface area contributed by atoms with Crippen molar-refractivity contribution in [2.45, 2.75) is 97.9 Å². The van der Waals surface area contributed by atoms with Crippen molar-refractivity contribution in [2.24, 2.45) is 39.7 Å². The number of carbonyl (C=O) groups excluding carboxylic acids is 2. The fourth-order valence-electron chi connectivity index (χ4n) is 8.66. The Bertz CT molecular complexity index is 909. The Kier molecular flexibility index (Phi) is 6.88. The van der Waals surface area contributed by atoms with Gasteiger partial charge in [0.1, 0.15) is 0 Å². The van der Waals surface area contributed by atoms with Crippen LogP contribution in [0.5, 0.6) is 0 Å². The minimum absolute atomic E-state index is 0.216. The Morgan fingerprint density at radius 1 is 1.11 bits per heavy atom. The second kappa shape index (κ2) is 9.64. The molecule has 4 fully saturated rings. The standard InChI is InChI=1S/C29H45N3O3/c1-5-30-16-17-32(21-7-8-21)27(34)35-31-19(2)24-10-11-25-23-9-6-20-18-22(33)12-14-28(20,3)26(23)13-15-29(24,25)4/h18,21,23-26,30H,5-17H2,1-4H3/b31-19+/t23-,24+,25-,26-,28-,29+/m0/s1. The van der Waals surface area contributed by atoms with Crippen molar-refractivity contribution in [3.05, 3.63) is 11.6 Å². The Morgan fingerprint density at radius 3 is 2.66 bits per heavy atom. The SMILES string of the molecule is CCNCCN(C(=O)O/N=C(\C)[C@H]1CC[C@H]2[C@@H]3CCC4=CC(=O)CC[C@]4(C)[C@H]3CC[C@]12C)C1CC1. The van der Waals surface area contributed by atoms with E-state index in [0.717, 1.165) is 63.2 Å². The summed E-state index contributed by atoms with van der Waals surface area (Å²) in [6.07, 6.45) is 12.7. The van der Waals surface area contributed by atoms with Crippen molar-refractivity contribution in [1.82, 2.24) is 10.2 Å². The summed E-state index contributed by atoms with van der Waals surface area (Å²) in [5, 5.41) is 7.75. The molecule has 0 radical (unpaired) electrons. The highest BCUT2D eigenvalue weighted by molar-refractivity contribution is 5.91. The predicted molar refractivity (Wildman–Crippen MR) is 138 cm³/mol. The Balaban J connectivity index is 1.26. The van der Waals surface area contributed by atoms with E-state index in [4.69, 9.17) is 4.84 Å². The molecule has 194 valence electrons. The van der Waals surface area contributed by atoms with Gasteiger partial charge in [0.2, 0.25) is 0 Å². The molecule has 0 unspecified atom stereocenters. The van der Waals surface area contributed by atoms with E-state index in [9.17, 15) is 9.59 Å². The van der Waals surface area contributed by atoms with Crippen molar-refractivity contribution in [3.8, 4) is 0 Å². The first-order chi connectivity index (χ1) is 16.8. The van der Waals surface area contributed by atoms with Gasteiger partial charge >= 0.3 is 6.09 Å². The number of amides is 1. The summed E-state index contributed by atoms with van der Waals surface area (Å²) in [6.45, 7) is 11.5. The van der Waals surface area contributed by atoms with Crippen molar-refractivity contribution in [2.75, 3.05) is 19.6 Å². The Hall–Kier alpha value is -1.69. The van der Waals surface area contributed by atoms with Crippen molar-refractivity contribution >= 4 is 17.6 Å². The Morgan fingerprint density at radius 2 is 1.91 bits per heavy atom. The first kappa shape index (κ1) is 25.0. The van der Waals surface area contributed by atoms with Crippen molar-refractivity contribution in [1.29, 1.82) is 0 Å². The third kappa shape index (κ3) is 4.49. The largest absolute Gasteiger partial charge is 0.436 e. The van der Waals surface area contributed by atoms with Crippen LogP contribution < -0.4 is 5.32 Å². The summed E-state index contributed by atoms with van der Waals surface area (Å²) in [4.78, 5) is 32.3. The summed E-state index contributed by atoms with van der Waals surface area (Å²) in [6, 6.07) is 0.321. The van der Waals surface area contributed by atoms with E-state index in [1.807, 2.05) is 11.0 Å². The molecule has 35 heavy (non-hydrogen) atoms. The molecule has 4 saturated carbocycles. The zero-order valence-electron chi connectivity index (χ0n) is 22.3. The van der Waals surface area contributed by atoms with Crippen LogP contribution in [0.25, 0.3) is 0 Å². The van der Waals surface area contributed by atoms with Crippen LogP contribution in [0.4, 0.5) is 4.79 Å². The van der Waals surface area contributed by atoms with Gasteiger partial charge in [-0.05, 0) is 106 Å². The number of nitrogens with one attached hydrogen (secondary N) is 1. The molecule has 0 aromatic rings. The molecule has 6 heteroatoms. The second-order valence-electron chi connectivity index (χ2n) is 12.5. The zero-order chi connectivity index (χ0) is 24.8. The van der Waals surface area contributed by atoms with Gasteiger partial charge in [0.25, 0.3) is 0 Å². The van der Waals surface area contributed by atoms with Gasteiger partial charge in [0, 0.05) is 31.5 Å². The zero-order valence-corrected chi connectivity index (χ0v) is 22.3. The number of rotatable bonds is 7. The number of hydrogen-bond donors (Lipinski definition) is 1. The molecule has 5 aliphatic carbocycles. The van der Waals surface area contributed by atoms with E-state index in [-0.39, 0.29) is 16.9 Å². The molecule has 0 spiro atoms.